The summed E-state index contributed by atoms with van der Waals surface area (Å²) in [5, 5.41) is 6.78. The number of hydrogen-bond acceptors (Lipinski definition) is 3. The molecule has 0 aromatic rings. The molecule has 4 rings (SSSR count). The van der Waals surface area contributed by atoms with E-state index in [1.165, 1.54) is 76.2 Å². The van der Waals surface area contributed by atoms with Crippen LogP contribution in [0.2, 0.25) is 0 Å². The predicted molar refractivity (Wildman–Crippen MR) is 87.0 cm³/mol. The van der Waals surface area contributed by atoms with Crippen LogP contribution in [0.5, 0.6) is 0 Å². The van der Waals surface area contributed by atoms with Crippen molar-refractivity contribution in [1.82, 2.24) is 10.6 Å². The van der Waals surface area contributed by atoms with Gasteiger partial charge in [-0.15, -0.1) is 0 Å². The Balaban J connectivity index is 0.000000125. The molecule has 2 nitrogen and oxygen atoms in total. The molecule has 0 atom stereocenters. The van der Waals surface area contributed by atoms with Crippen LogP contribution in [-0.2, 0) is 0 Å². The largest absolute Gasteiger partial charge is 0.316 e. The third-order valence-electron chi connectivity index (χ3n) is 5.30. The van der Waals surface area contributed by atoms with Gasteiger partial charge < -0.3 is 10.6 Å². The lowest BCUT2D eigenvalue weighted by molar-refractivity contribution is 0.153. The molecule has 0 bridgehead atoms. The van der Waals surface area contributed by atoms with Crippen molar-refractivity contribution in [3.8, 4) is 0 Å². The number of nitrogens with one attached hydrogen (secondary N) is 2. The summed E-state index contributed by atoms with van der Waals surface area (Å²) in [6.45, 7) is 9.19. The van der Waals surface area contributed by atoms with Crippen molar-refractivity contribution in [1.29, 1.82) is 0 Å². The molecule has 1 aliphatic carbocycles. The first-order valence-electron chi connectivity index (χ1n) is 8.32. The van der Waals surface area contributed by atoms with E-state index >= 15 is 0 Å². The van der Waals surface area contributed by atoms with Crippen LogP contribution in [0.4, 0.5) is 0 Å². The summed E-state index contributed by atoms with van der Waals surface area (Å²) in [4.78, 5) is 0. The van der Waals surface area contributed by atoms with Crippen LogP contribution in [0.15, 0.2) is 0 Å². The first-order valence-corrected chi connectivity index (χ1v) is 9.47. The number of rotatable bonds is 0. The third kappa shape index (κ3) is 3.89. The highest BCUT2D eigenvalue weighted by molar-refractivity contribution is 7.99. The van der Waals surface area contributed by atoms with Gasteiger partial charge in [-0.05, 0) is 61.0 Å². The Labute approximate surface area is 123 Å². The van der Waals surface area contributed by atoms with E-state index in [9.17, 15) is 0 Å². The zero-order valence-electron chi connectivity index (χ0n) is 12.9. The topological polar surface area (TPSA) is 24.1 Å². The lowest BCUT2D eigenvalue weighted by atomic mass is 9.68. The van der Waals surface area contributed by atoms with Gasteiger partial charge in [-0.1, -0.05) is 20.3 Å². The lowest BCUT2D eigenvalue weighted by Gasteiger charge is -2.45. The van der Waals surface area contributed by atoms with Gasteiger partial charge >= 0.3 is 0 Å². The number of thioether (sulfide) groups is 1. The molecule has 19 heavy (non-hydrogen) atoms. The van der Waals surface area contributed by atoms with Crippen LogP contribution in [0, 0.1) is 10.8 Å². The van der Waals surface area contributed by atoms with E-state index in [-0.39, 0.29) is 0 Å². The van der Waals surface area contributed by atoms with E-state index in [0.717, 1.165) is 10.8 Å². The molecule has 3 heterocycles. The van der Waals surface area contributed by atoms with E-state index in [0.29, 0.717) is 0 Å². The minimum absolute atomic E-state index is 0.769. The van der Waals surface area contributed by atoms with Gasteiger partial charge in [0.1, 0.15) is 0 Å². The Morgan fingerprint density at radius 3 is 1.63 bits per heavy atom. The van der Waals surface area contributed by atoms with E-state index in [1.807, 2.05) is 13.8 Å². The van der Waals surface area contributed by atoms with Crippen LogP contribution in [0.25, 0.3) is 0 Å². The van der Waals surface area contributed by atoms with Crippen molar-refractivity contribution >= 4 is 11.8 Å². The van der Waals surface area contributed by atoms with Crippen molar-refractivity contribution in [2.24, 2.45) is 10.8 Å². The highest BCUT2D eigenvalue weighted by Gasteiger charge is 2.39. The molecule has 3 saturated heterocycles. The maximum atomic E-state index is 3.42. The molecule has 0 amide bonds. The Morgan fingerprint density at radius 2 is 1.37 bits per heavy atom. The molecule has 0 aromatic heterocycles. The smallest absolute Gasteiger partial charge is 0.00208 e. The van der Waals surface area contributed by atoms with Gasteiger partial charge in [0, 0.05) is 19.6 Å². The highest BCUT2D eigenvalue weighted by Crippen LogP contribution is 2.45. The van der Waals surface area contributed by atoms with Gasteiger partial charge in [0.2, 0.25) is 0 Å². The van der Waals surface area contributed by atoms with Crippen LogP contribution in [0.3, 0.4) is 0 Å². The van der Waals surface area contributed by atoms with Crippen molar-refractivity contribution < 1.29 is 0 Å². The maximum absolute atomic E-state index is 3.42. The van der Waals surface area contributed by atoms with Gasteiger partial charge in [0.15, 0.2) is 0 Å². The minimum atomic E-state index is 0.769. The van der Waals surface area contributed by atoms with E-state index in [2.05, 4.69) is 22.4 Å². The van der Waals surface area contributed by atoms with Crippen LogP contribution < -0.4 is 10.6 Å². The van der Waals surface area contributed by atoms with E-state index in [4.69, 9.17) is 0 Å². The van der Waals surface area contributed by atoms with Crippen LogP contribution >= 0.6 is 11.8 Å². The molecular weight excluding hydrogens is 252 g/mol. The second-order valence-corrected chi connectivity index (χ2v) is 7.72. The first-order chi connectivity index (χ1) is 9.33. The summed E-state index contributed by atoms with van der Waals surface area (Å²) >= 11 is 2.12. The molecular formula is C16H32N2S. The second kappa shape index (κ2) is 7.33. The Morgan fingerprint density at radius 1 is 0.737 bits per heavy atom. The molecule has 4 aliphatic rings. The highest BCUT2D eigenvalue weighted by atomic mass is 32.2. The van der Waals surface area contributed by atoms with Crippen LogP contribution in [-0.4, -0.2) is 37.7 Å². The average Bonchev–Trinajstić information content (AvgIpc) is 2.91. The standard InChI is InChI=1S/C7H13NS.C7H13N.C2H6/c1-3-9-4-2-7(1)5-8-6-7;1-2-7(3-1)4-5-8-6-7;1-2/h8H,1-6H2;8H,1-6H2;1-2H3. The van der Waals surface area contributed by atoms with E-state index in [1.54, 1.807) is 0 Å². The molecule has 0 radical (unpaired) electrons. The lowest BCUT2D eigenvalue weighted by Crippen LogP contribution is -2.54. The Bertz CT molecular complexity index is 243. The summed E-state index contributed by atoms with van der Waals surface area (Å²) in [6, 6.07) is 0. The van der Waals surface area contributed by atoms with Gasteiger partial charge in [0.05, 0.1) is 0 Å². The van der Waals surface area contributed by atoms with Crippen molar-refractivity contribution in [3.05, 3.63) is 0 Å². The monoisotopic (exact) mass is 284 g/mol. The summed E-state index contributed by atoms with van der Waals surface area (Å²) in [5.41, 5.74) is 1.57. The summed E-state index contributed by atoms with van der Waals surface area (Å²) in [7, 11) is 0. The Hall–Kier alpha value is 0.270. The van der Waals surface area contributed by atoms with Gasteiger partial charge in [-0.3, -0.25) is 0 Å². The predicted octanol–water partition coefficient (Wildman–Crippen LogP) is 3.28. The minimum Gasteiger partial charge on any atom is -0.316 e. The zero-order valence-corrected chi connectivity index (χ0v) is 13.7. The molecule has 0 aromatic carbocycles. The van der Waals surface area contributed by atoms with Crippen molar-refractivity contribution in [3.63, 3.8) is 0 Å². The van der Waals surface area contributed by atoms with E-state index < -0.39 is 0 Å². The molecule has 112 valence electrons. The molecule has 3 aliphatic heterocycles. The van der Waals surface area contributed by atoms with Crippen molar-refractivity contribution in [2.75, 3.05) is 37.7 Å². The summed E-state index contributed by atoms with van der Waals surface area (Å²) in [6.07, 6.45) is 8.87. The molecule has 2 N–H and O–H groups in total. The first kappa shape index (κ1) is 15.7. The SMILES string of the molecule is C1CC2(C1)CCNC2.C1CC2(CCS1)CNC2.CC. The molecule has 0 unspecified atom stereocenters. The quantitative estimate of drug-likeness (QED) is 0.714. The number of hydrogen-bond donors (Lipinski definition) is 2. The maximum Gasteiger partial charge on any atom is 0.00208 e. The molecule has 1 saturated carbocycles. The molecule has 2 spiro atoms. The summed E-state index contributed by atoms with van der Waals surface area (Å²) in [5.74, 6) is 2.81. The fraction of sp³-hybridized carbons (Fsp3) is 1.00. The van der Waals surface area contributed by atoms with Gasteiger partial charge in [-0.2, -0.15) is 11.8 Å². The normalized spacial score (nSPS) is 29.4. The Kier molecular flexibility index (Phi) is 6.04. The molecule has 4 fully saturated rings. The fourth-order valence-corrected chi connectivity index (χ4v) is 4.89. The van der Waals surface area contributed by atoms with Crippen molar-refractivity contribution in [2.45, 2.75) is 52.4 Å². The average molecular weight is 285 g/mol. The van der Waals surface area contributed by atoms with Crippen LogP contribution in [0.1, 0.15) is 52.4 Å². The second-order valence-electron chi connectivity index (χ2n) is 6.50. The zero-order chi connectivity index (χ0) is 13.6. The molecule has 3 heteroatoms. The summed E-state index contributed by atoms with van der Waals surface area (Å²) < 4.78 is 0. The third-order valence-corrected chi connectivity index (χ3v) is 6.29. The fourth-order valence-electron chi connectivity index (χ4n) is 3.54. The van der Waals surface area contributed by atoms with Gasteiger partial charge in [0.25, 0.3) is 0 Å². The van der Waals surface area contributed by atoms with Gasteiger partial charge in [-0.25, -0.2) is 0 Å².